The number of pyridine rings is 2. The van der Waals surface area contributed by atoms with Crippen LogP contribution in [0.25, 0.3) is 11.0 Å². The molecule has 0 aliphatic rings. The van der Waals surface area contributed by atoms with Crippen molar-refractivity contribution in [2.75, 3.05) is 39.9 Å². The minimum absolute atomic E-state index is 0.241. The first kappa shape index (κ1) is 27.2. The number of aryl methyl sites for hydroxylation is 1. The molecule has 0 N–H and O–H groups in total. The molecule has 200 valence electrons. The van der Waals surface area contributed by atoms with E-state index < -0.39 is 10.9 Å². The summed E-state index contributed by atoms with van der Waals surface area (Å²) in [7, 11) is 4.07. The molecule has 0 saturated carbocycles. The Kier molecular flexibility index (Phi) is 8.68. The van der Waals surface area contributed by atoms with Gasteiger partial charge in [0.2, 0.25) is 10.6 Å². The second-order valence-electron chi connectivity index (χ2n) is 8.82. The highest BCUT2D eigenvalue weighted by atomic mass is 32.2. The third-order valence-corrected chi connectivity index (χ3v) is 8.16. The minimum Gasteiger partial charge on any atom is -0.868 e. The molecule has 0 spiro atoms. The average molecular weight is 537 g/mol. The summed E-state index contributed by atoms with van der Waals surface area (Å²) in [6.07, 6.45) is 4.20. The number of ether oxygens (including phenoxy) is 4. The number of aromatic nitrogens is 2. The standard InChI is InChI=1S/C29H32N2O6S/c1-19-9-6-10-20(15-19)18-31-28-22(11-7-12-30-28)25(32)27(29(31)33)38(5)14-8-13-37-21-16-23(34-2)26(36-4)24(17-21)35-3/h6-7,9-12,15-17H,8,13-14,18H2,1-5H3. The zero-order valence-electron chi connectivity index (χ0n) is 22.3. The van der Waals surface area contributed by atoms with Gasteiger partial charge in [-0.1, -0.05) is 35.9 Å². The second kappa shape index (κ2) is 12.1. The van der Waals surface area contributed by atoms with Crippen LogP contribution in [0.2, 0.25) is 0 Å². The highest BCUT2D eigenvalue weighted by molar-refractivity contribution is 7.96. The van der Waals surface area contributed by atoms with Gasteiger partial charge in [-0.3, -0.25) is 9.36 Å². The average Bonchev–Trinajstić information content (AvgIpc) is 2.92. The predicted octanol–water partition coefficient (Wildman–Crippen LogP) is 3.93. The van der Waals surface area contributed by atoms with Crippen LogP contribution in [0.3, 0.4) is 0 Å². The van der Waals surface area contributed by atoms with E-state index in [0.29, 0.717) is 64.3 Å². The number of nitrogens with zero attached hydrogens (tertiary/aromatic N) is 2. The molecule has 0 saturated heterocycles. The number of rotatable bonds is 11. The molecular formula is C29H32N2O6S. The van der Waals surface area contributed by atoms with Crippen LogP contribution in [0.5, 0.6) is 28.7 Å². The first-order chi connectivity index (χ1) is 18.4. The van der Waals surface area contributed by atoms with Gasteiger partial charge in [0.15, 0.2) is 11.5 Å². The maximum absolute atomic E-state index is 13.6. The van der Waals surface area contributed by atoms with Crippen LogP contribution >= 0.6 is 0 Å². The zero-order valence-corrected chi connectivity index (χ0v) is 23.1. The number of hydrogen-bond donors (Lipinski definition) is 0. The largest absolute Gasteiger partial charge is 0.868 e. The summed E-state index contributed by atoms with van der Waals surface area (Å²) in [6, 6.07) is 14.9. The topological polar surface area (TPSA) is 94.9 Å². The van der Waals surface area contributed by atoms with Crippen molar-refractivity contribution in [3.63, 3.8) is 0 Å². The Morgan fingerprint density at radius 2 is 1.74 bits per heavy atom. The molecule has 2 aromatic carbocycles. The molecule has 0 amide bonds. The number of hydrogen-bond acceptors (Lipinski definition) is 7. The van der Waals surface area contributed by atoms with Crippen LogP contribution in [0.1, 0.15) is 17.5 Å². The normalized spacial score (nSPS) is 11.8. The first-order valence-electron chi connectivity index (χ1n) is 12.2. The second-order valence-corrected chi connectivity index (χ2v) is 10.9. The van der Waals surface area contributed by atoms with Crippen molar-refractivity contribution < 1.29 is 24.1 Å². The summed E-state index contributed by atoms with van der Waals surface area (Å²) in [5.74, 6) is 2.48. The first-order valence-corrected chi connectivity index (χ1v) is 14.0. The summed E-state index contributed by atoms with van der Waals surface area (Å²) in [5.41, 5.74) is 2.23. The summed E-state index contributed by atoms with van der Waals surface area (Å²) in [4.78, 5) is 18.3. The third-order valence-electron chi connectivity index (χ3n) is 6.21. The third kappa shape index (κ3) is 5.67. The van der Waals surface area contributed by atoms with Gasteiger partial charge in [-0.15, -0.1) is 0 Å². The van der Waals surface area contributed by atoms with Crippen molar-refractivity contribution in [2.45, 2.75) is 24.8 Å². The molecule has 38 heavy (non-hydrogen) atoms. The molecular weight excluding hydrogens is 504 g/mol. The van der Waals surface area contributed by atoms with Crippen molar-refractivity contribution in [3.8, 4) is 28.7 Å². The smallest absolute Gasteiger partial charge is 0.307 e. The molecule has 0 radical (unpaired) electrons. The Hall–Kier alpha value is -3.85. The fourth-order valence-electron chi connectivity index (χ4n) is 4.38. The van der Waals surface area contributed by atoms with E-state index in [1.807, 2.05) is 37.4 Å². The molecule has 0 bridgehead atoms. The van der Waals surface area contributed by atoms with Gasteiger partial charge < -0.3 is 24.1 Å². The lowest BCUT2D eigenvalue weighted by molar-refractivity contribution is -0.270. The van der Waals surface area contributed by atoms with Gasteiger partial charge in [-0.05, 0) is 24.3 Å². The van der Waals surface area contributed by atoms with E-state index in [2.05, 4.69) is 4.98 Å². The van der Waals surface area contributed by atoms with Gasteiger partial charge in [0, 0.05) is 41.0 Å². The molecule has 0 fully saturated rings. The van der Waals surface area contributed by atoms with E-state index in [9.17, 15) is 9.90 Å². The lowest BCUT2D eigenvalue weighted by Crippen LogP contribution is -2.30. The highest BCUT2D eigenvalue weighted by Gasteiger charge is 2.25. The van der Waals surface area contributed by atoms with Gasteiger partial charge >= 0.3 is 5.56 Å². The molecule has 4 rings (SSSR count). The Morgan fingerprint density at radius 1 is 1.00 bits per heavy atom. The predicted molar refractivity (Wildman–Crippen MR) is 148 cm³/mol. The van der Waals surface area contributed by atoms with Crippen LogP contribution < -0.4 is 29.6 Å². The zero-order chi connectivity index (χ0) is 27.2. The summed E-state index contributed by atoms with van der Waals surface area (Å²) in [6.45, 7) is 2.76. The highest BCUT2D eigenvalue weighted by Crippen LogP contribution is 2.40. The van der Waals surface area contributed by atoms with Crippen molar-refractivity contribution in [2.24, 2.45) is 0 Å². The van der Waals surface area contributed by atoms with E-state index in [1.54, 1.807) is 56.4 Å². The summed E-state index contributed by atoms with van der Waals surface area (Å²) >= 11 is 0. The van der Waals surface area contributed by atoms with Gasteiger partial charge in [0.05, 0.1) is 34.5 Å². The van der Waals surface area contributed by atoms with Crippen LogP contribution in [-0.4, -0.2) is 49.5 Å². The van der Waals surface area contributed by atoms with Gasteiger partial charge in [-0.2, -0.15) is 0 Å². The molecule has 8 nitrogen and oxygen atoms in total. The molecule has 0 aliphatic carbocycles. The minimum atomic E-state index is -0.583. The summed E-state index contributed by atoms with van der Waals surface area (Å²) < 4.78 is 23.7. The van der Waals surface area contributed by atoms with Crippen LogP contribution in [0, 0.1) is 6.92 Å². The number of benzene rings is 2. The lowest BCUT2D eigenvalue weighted by atomic mass is 10.1. The molecule has 0 aliphatic heterocycles. The quantitative estimate of drug-likeness (QED) is 0.212. The van der Waals surface area contributed by atoms with E-state index in [0.717, 1.165) is 11.1 Å². The van der Waals surface area contributed by atoms with Crippen molar-refractivity contribution in [3.05, 3.63) is 76.2 Å². The van der Waals surface area contributed by atoms with E-state index >= 15 is 0 Å². The Balaban J connectivity index is 1.54. The Bertz CT molecular complexity index is 1460. The molecule has 2 heterocycles. The molecule has 1 atom stereocenters. The maximum Gasteiger partial charge on any atom is 0.307 e. The maximum atomic E-state index is 13.6. The fourth-order valence-corrected chi connectivity index (χ4v) is 5.97. The van der Waals surface area contributed by atoms with Crippen molar-refractivity contribution in [1.82, 2.24) is 9.55 Å². The van der Waals surface area contributed by atoms with Gasteiger partial charge in [0.25, 0.3) is 0 Å². The van der Waals surface area contributed by atoms with Crippen LogP contribution in [0.4, 0.5) is 0 Å². The van der Waals surface area contributed by atoms with E-state index in [-0.39, 0.29) is 11.3 Å². The van der Waals surface area contributed by atoms with Crippen LogP contribution in [0.15, 0.2) is 64.4 Å². The Labute approximate surface area is 225 Å². The monoisotopic (exact) mass is 536 g/mol. The Morgan fingerprint density at radius 3 is 2.39 bits per heavy atom. The number of methoxy groups -OCH3 is 3. The van der Waals surface area contributed by atoms with E-state index in [1.165, 1.54) is 0 Å². The van der Waals surface area contributed by atoms with Gasteiger partial charge in [-0.25, -0.2) is 4.98 Å². The lowest BCUT2D eigenvalue weighted by Gasteiger charge is -2.19. The van der Waals surface area contributed by atoms with Crippen molar-refractivity contribution in [1.29, 1.82) is 0 Å². The van der Waals surface area contributed by atoms with Crippen molar-refractivity contribution >= 4 is 21.9 Å². The fraction of sp³-hybridized carbons (Fsp3) is 0.310. The molecule has 2 aromatic heterocycles. The summed E-state index contributed by atoms with van der Waals surface area (Å²) in [5, 5.41) is 13.8. The van der Waals surface area contributed by atoms with Gasteiger partial charge in [0.1, 0.15) is 23.4 Å². The van der Waals surface area contributed by atoms with Crippen LogP contribution in [-0.2, 0) is 17.4 Å². The molecule has 9 heteroatoms. The molecule has 4 aromatic rings. The SMILES string of the molecule is COc1cc(OCCC[S+](C)c2c([O-])c3cccnc3n(Cc3cccc(C)c3)c2=O)cc(OC)c1OC. The van der Waals surface area contributed by atoms with E-state index in [4.69, 9.17) is 18.9 Å². The number of fused-ring (bicyclic) bond motifs is 1. The molecule has 1 unspecified atom stereocenters.